The van der Waals surface area contributed by atoms with Gasteiger partial charge in [0.2, 0.25) is 5.91 Å². The number of hydrazine groups is 1. The highest BCUT2D eigenvalue weighted by atomic mass is 35.5. The van der Waals surface area contributed by atoms with Crippen LogP contribution in [0, 0.1) is 5.92 Å². The maximum absolute atomic E-state index is 12.0. The van der Waals surface area contributed by atoms with Crippen molar-refractivity contribution in [3.8, 4) is 0 Å². The number of benzene rings is 1. The van der Waals surface area contributed by atoms with E-state index in [0.717, 1.165) is 17.0 Å². The van der Waals surface area contributed by atoms with Gasteiger partial charge in [0, 0.05) is 23.3 Å². The van der Waals surface area contributed by atoms with Gasteiger partial charge in [-0.1, -0.05) is 29.8 Å². The first-order valence-corrected chi connectivity index (χ1v) is 6.70. The zero-order valence-corrected chi connectivity index (χ0v) is 11.3. The van der Waals surface area contributed by atoms with Crippen molar-refractivity contribution >= 4 is 23.3 Å². The van der Waals surface area contributed by atoms with Crippen LogP contribution in [-0.2, 0) is 4.79 Å². The number of aromatic nitrogens is 2. The van der Waals surface area contributed by atoms with Gasteiger partial charge in [-0.05, 0) is 24.0 Å². The molecular formula is C14H13ClN4O. The number of nitrogens with one attached hydrogen (secondary N) is 2. The Morgan fingerprint density at radius 1 is 1.30 bits per heavy atom. The van der Waals surface area contributed by atoms with Crippen LogP contribution in [0.15, 0.2) is 42.9 Å². The van der Waals surface area contributed by atoms with Gasteiger partial charge in [-0.2, -0.15) is 0 Å². The van der Waals surface area contributed by atoms with Crippen molar-refractivity contribution in [1.29, 1.82) is 0 Å². The normalized spacial score (nSPS) is 20.2. The molecule has 0 radical (unpaired) electrons. The van der Waals surface area contributed by atoms with Crippen molar-refractivity contribution < 1.29 is 4.79 Å². The third kappa shape index (κ3) is 2.72. The Bertz CT molecular complexity index is 620. The molecule has 2 aromatic rings. The van der Waals surface area contributed by atoms with Gasteiger partial charge in [-0.15, -0.1) is 0 Å². The van der Waals surface area contributed by atoms with Crippen molar-refractivity contribution in [3.63, 3.8) is 0 Å². The minimum atomic E-state index is -0.0550. The van der Waals surface area contributed by atoms with E-state index in [9.17, 15) is 4.79 Å². The predicted octanol–water partition coefficient (Wildman–Crippen LogP) is 2.38. The van der Waals surface area contributed by atoms with E-state index in [-0.39, 0.29) is 17.7 Å². The van der Waals surface area contributed by atoms with Gasteiger partial charge in [0.25, 0.3) is 0 Å². The first-order valence-electron chi connectivity index (χ1n) is 6.32. The number of hydrogen-bond acceptors (Lipinski definition) is 4. The predicted molar refractivity (Wildman–Crippen MR) is 76.1 cm³/mol. The molecule has 102 valence electrons. The third-order valence-corrected chi connectivity index (χ3v) is 3.65. The fourth-order valence-corrected chi connectivity index (χ4v) is 2.46. The van der Waals surface area contributed by atoms with Crippen LogP contribution in [0.1, 0.15) is 17.9 Å². The molecule has 5 nitrogen and oxygen atoms in total. The lowest BCUT2D eigenvalue weighted by molar-refractivity contribution is -0.121. The Morgan fingerprint density at radius 3 is 2.90 bits per heavy atom. The number of carbonyl (C=O) groups is 1. The van der Waals surface area contributed by atoms with E-state index >= 15 is 0 Å². The molecule has 0 spiro atoms. The fourth-order valence-electron chi connectivity index (χ4n) is 2.19. The number of hydrogen-bond donors (Lipinski definition) is 2. The summed E-state index contributed by atoms with van der Waals surface area (Å²) in [6.07, 6.45) is 5.48. The number of amides is 1. The molecule has 1 saturated carbocycles. The summed E-state index contributed by atoms with van der Waals surface area (Å²) >= 11 is 6.14. The smallest absolute Gasteiger partial charge is 0.242 e. The summed E-state index contributed by atoms with van der Waals surface area (Å²) in [6, 6.07) is 7.64. The summed E-state index contributed by atoms with van der Waals surface area (Å²) in [5.41, 5.74) is 6.43. The lowest BCUT2D eigenvalue weighted by atomic mass is 10.1. The monoisotopic (exact) mass is 288 g/mol. The molecule has 1 fully saturated rings. The fraction of sp³-hybridized carbons (Fsp3) is 0.214. The van der Waals surface area contributed by atoms with Crippen LogP contribution in [0.25, 0.3) is 0 Å². The van der Waals surface area contributed by atoms with E-state index < -0.39 is 0 Å². The van der Waals surface area contributed by atoms with E-state index in [1.54, 1.807) is 18.6 Å². The summed E-state index contributed by atoms with van der Waals surface area (Å²) in [6.45, 7) is 0. The molecule has 1 aromatic heterocycles. The van der Waals surface area contributed by atoms with Crippen molar-refractivity contribution in [2.24, 2.45) is 5.92 Å². The Labute approximate surface area is 121 Å². The van der Waals surface area contributed by atoms with Crippen LogP contribution in [0.4, 0.5) is 5.82 Å². The molecule has 0 saturated heterocycles. The largest absolute Gasteiger partial charge is 0.281 e. The molecule has 2 atom stereocenters. The topological polar surface area (TPSA) is 66.9 Å². The van der Waals surface area contributed by atoms with Gasteiger partial charge < -0.3 is 0 Å². The molecular weight excluding hydrogens is 276 g/mol. The molecule has 1 amide bonds. The van der Waals surface area contributed by atoms with Crippen molar-refractivity contribution in [2.75, 3.05) is 5.43 Å². The lowest BCUT2D eigenvalue weighted by Gasteiger charge is -2.07. The van der Waals surface area contributed by atoms with Crippen LogP contribution >= 0.6 is 11.6 Å². The molecule has 20 heavy (non-hydrogen) atoms. The van der Waals surface area contributed by atoms with Gasteiger partial charge in [0.05, 0.1) is 6.20 Å². The molecule has 2 N–H and O–H groups in total. The van der Waals surface area contributed by atoms with Gasteiger partial charge in [-0.3, -0.25) is 20.6 Å². The van der Waals surface area contributed by atoms with Crippen LogP contribution in [0.5, 0.6) is 0 Å². The summed E-state index contributed by atoms with van der Waals surface area (Å²) in [5, 5.41) is 0.717. The molecule has 1 heterocycles. The molecule has 0 aliphatic heterocycles. The van der Waals surface area contributed by atoms with E-state index in [4.69, 9.17) is 11.6 Å². The number of anilines is 1. The summed E-state index contributed by atoms with van der Waals surface area (Å²) in [5.74, 6) is 0.614. The quantitative estimate of drug-likeness (QED) is 0.848. The maximum atomic E-state index is 12.0. The first kappa shape index (κ1) is 12.9. The van der Waals surface area contributed by atoms with Gasteiger partial charge >= 0.3 is 0 Å². The summed E-state index contributed by atoms with van der Waals surface area (Å²) in [7, 11) is 0. The summed E-state index contributed by atoms with van der Waals surface area (Å²) < 4.78 is 0. The highest BCUT2D eigenvalue weighted by molar-refractivity contribution is 6.31. The Hall–Kier alpha value is -2.14. The minimum absolute atomic E-state index is 0.0425. The van der Waals surface area contributed by atoms with Crippen molar-refractivity contribution in [3.05, 3.63) is 53.4 Å². The SMILES string of the molecule is O=C(NNc1cnccn1)[C@@H]1C[C@H]1c1ccccc1Cl. The second kappa shape index (κ2) is 5.46. The first-order chi connectivity index (χ1) is 9.75. The highest BCUT2D eigenvalue weighted by Gasteiger charge is 2.44. The lowest BCUT2D eigenvalue weighted by Crippen LogP contribution is -2.31. The van der Waals surface area contributed by atoms with Gasteiger partial charge in [-0.25, -0.2) is 4.98 Å². The number of rotatable bonds is 4. The Kier molecular flexibility index (Phi) is 3.52. The molecule has 6 heteroatoms. The molecule has 0 unspecified atom stereocenters. The van der Waals surface area contributed by atoms with Crippen LogP contribution < -0.4 is 10.9 Å². The standard InChI is InChI=1S/C14H13ClN4O/c15-12-4-2-1-3-9(12)10-7-11(10)14(20)19-18-13-8-16-5-6-17-13/h1-6,8,10-11H,7H2,(H,17,18)(H,19,20)/t10-,11+/m0/s1. The molecule has 1 aliphatic carbocycles. The van der Waals surface area contributed by atoms with Crippen molar-refractivity contribution in [1.82, 2.24) is 15.4 Å². The zero-order valence-electron chi connectivity index (χ0n) is 10.6. The molecule has 0 bridgehead atoms. The van der Waals surface area contributed by atoms with E-state index in [1.807, 2.05) is 24.3 Å². The second-order valence-electron chi connectivity index (χ2n) is 4.68. The van der Waals surface area contributed by atoms with Crippen molar-refractivity contribution in [2.45, 2.75) is 12.3 Å². The average Bonchev–Trinajstić information content (AvgIpc) is 3.27. The molecule has 1 aliphatic rings. The number of carbonyl (C=O) groups excluding carboxylic acids is 1. The second-order valence-corrected chi connectivity index (χ2v) is 5.08. The number of nitrogens with zero attached hydrogens (tertiary/aromatic N) is 2. The minimum Gasteiger partial charge on any atom is -0.281 e. The van der Waals surface area contributed by atoms with Crippen LogP contribution in [0.3, 0.4) is 0 Å². The van der Waals surface area contributed by atoms with Crippen LogP contribution in [-0.4, -0.2) is 15.9 Å². The number of halogens is 1. The molecule has 3 rings (SSSR count). The van der Waals surface area contributed by atoms with Gasteiger partial charge in [0.1, 0.15) is 0 Å². The summed E-state index contributed by atoms with van der Waals surface area (Å²) in [4.78, 5) is 19.9. The Morgan fingerprint density at radius 2 is 2.15 bits per heavy atom. The van der Waals surface area contributed by atoms with E-state index in [0.29, 0.717) is 5.82 Å². The van der Waals surface area contributed by atoms with E-state index in [1.165, 1.54) is 0 Å². The average molecular weight is 289 g/mol. The third-order valence-electron chi connectivity index (χ3n) is 3.31. The zero-order chi connectivity index (χ0) is 13.9. The maximum Gasteiger partial charge on any atom is 0.242 e. The van der Waals surface area contributed by atoms with E-state index in [2.05, 4.69) is 20.8 Å². The highest BCUT2D eigenvalue weighted by Crippen LogP contribution is 2.49. The van der Waals surface area contributed by atoms with Gasteiger partial charge in [0.15, 0.2) is 5.82 Å². The van der Waals surface area contributed by atoms with Crippen LogP contribution in [0.2, 0.25) is 5.02 Å². The Balaban J connectivity index is 1.57. The molecule has 1 aromatic carbocycles.